The lowest BCUT2D eigenvalue weighted by Crippen LogP contribution is -2.23. The number of rotatable bonds is 7. The number of benzene rings is 2. The SMILES string of the molecule is COC(=O)C(c1ccc([N+](=O)[O-])cc1)C(CC(C)=O)c1ccccc1. The summed E-state index contributed by atoms with van der Waals surface area (Å²) in [6, 6.07) is 15.0. The van der Waals surface area contributed by atoms with Crippen molar-refractivity contribution >= 4 is 17.4 Å². The molecule has 0 aliphatic carbocycles. The van der Waals surface area contributed by atoms with Crippen molar-refractivity contribution in [3.63, 3.8) is 0 Å². The number of ether oxygens (including phenoxy) is 1. The van der Waals surface area contributed by atoms with Gasteiger partial charge in [-0.2, -0.15) is 0 Å². The van der Waals surface area contributed by atoms with Gasteiger partial charge in [-0.3, -0.25) is 14.9 Å². The molecule has 0 N–H and O–H groups in total. The summed E-state index contributed by atoms with van der Waals surface area (Å²) in [5.74, 6) is -1.67. The normalized spacial score (nSPS) is 12.9. The van der Waals surface area contributed by atoms with Gasteiger partial charge in [-0.25, -0.2) is 0 Å². The van der Waals surface area contributed by atoms with Crippen LogP contribution in [0.15, 0.2) is 54.6 Å². The largest absolute Gasteiger partial charge is 0.469 e. The number of hydrogen-bond donors (Lipinski definition) is 0. The van der Waals surface area contributed by atoms with Gasteiger partial charge in [-0.05, 0) is 18.1 Å². The molecule has 0 heterocycles. The summed E-state index contributed by atoms with van der Waals surface area (Å²) in [5.41, 5.74) is 1.36. The average molecular weight is 341 g/mol. The van der Waals surface area contributed by atoms with Crippen molar-refractivity contribution in [3.8, 4) is 0 Å². The van der Waals surface area contributed by atoms with E-state index in [1.807, 2.05) is 30.3 Å². The Hall–Kier alpha value is -3.02. The highest BCUT2D eigenvalue weighted by Gasteiger charge is 2.33. The minimum absolute atomic E-state index is 0.0512. The fourth-order valence-electron chi connectivity index (χ4n) is 2.90. The summed E-state index contributed by atoms with van der Waals surface area (Å²) < 4.78 is 4.94. The minimum atomic E-state index is -0.725. The van der Waals surface area contributed by atoms with Crippen LogP contribution in [-0.2, 0) is 14.3 Å². The van der Waals surface area contributed by atoms with E-state index in [-0.39, 0.29) is 17.9 Å². The van der Waals surface area contributed by atoms with E-state index in [0.29, 0.717) is 5.56 Å². The third-order valence-electron chi connectivity index (χ3n) is 4.06. The Bertz CT molecular complexity index is 755. The number of methoxy groups -OCH3 is 1. The predicted molar refractivity (Wildman–Crippen MR) is 92.3 cm³/mol. The van der Waals surface area contributed by atoms with Crippen LogP contribution in [0.3, 0.4) is 0 Å². The van der Waals surface area contributed by atoms with E-state index >= 15 is 0 Å². The van der Waals surface area contributed by atoms with Crippen molar-refractivity contribution in [3.05, 3.63) is 75.8 Å². The van der Waals surface area contributed by atoms with Crippen LogP contribution >= 0.6 is 0 Å². The lowest BCUT2D eigenvalue weighted by molar-refractivity contribution is -0.384. The average Bonchev–Trinajstić information content (AvgIpc) is 2.61. The summed E-state index contributed by atoms with van der Waals surface area (Å²) in [4.78, 5) is 34.6. The molecule has 6 nitrogen and oxygen atoms in total. The van der Waals surface area contributed by atoms with Crippen molar-refractivity contribution in [1.82, 2.24) is 0 Å². The molecule has 2 aromatic carbocycles. The van der Waals surface area contributed by atoms with Gasteiger partial charge < -0.3 is 9.53 Å². The van der Waals surface area contributed by atoms with Gasteiger partial charge in [-0.15, -0.1) is 0 Å². The van der Waals surface area contributed by atoms with Gasteiger partial charge in [0.05, 0.1) is 18.0 Å². The Morgan fingerprint density at radius 1 is 1.04 bits per heavy atom. The van der Waals surface area contributed by atoms with Gasteiger partial charge in [0, 0.05) is 24.5 Å². The van der Waals surface area contributed by atoms with Crippen LogP contribution in [0.1, 0.15) is 36.3 Å². The van der Waals surface area contributed by atoms with Crippen LogP contribution in [-0.4, -0.2) is 23.8 Å². The van der Waals surface area contributed by atoms with Crippen LogP contribution in [0, 0.1) is 10.1 Å². The molecular weight excluding hydrogens is 322 g/mol. The van der Waals surface area contributed by atoms with E-state index in [9.17, 15) is 19.7 Å². The number of Topliss-reactive ketones (excluding diaryl/α,β-unsaturated/α-hetero) is 1. The number of nitro groups is 1. The molecule has 0 amide bonds. The highest BCUT2D eigenvalue weighted by Crippen LogP contribution is 2.37. The molecule has 0 radical (unpaired) electrons. The Kier molecular flexibility index (Phi) is 6.00. The van der Waals surface area contributed by atoms with E-state index in [4.69, 9.17) is 4.74 Å². The maximum absolute atomic E-state index is 12.5. The summed E-state index contributed by atoms with van der Waals surface area (Å²) in [6.07, 6.45) is 0.167. The number of esters is 1. The van der Waals surface area contributed by atoms with Crippen LogP contribution in [0.4, 0.5) is 5.69 Å². The van der Waals surface area contributed by atoms with Gasteiger partial charge in [-0.1, -0.05) is 42.5 Å². The van der Waals surface area contributed by atoms with Crippen LogP contribution in [0.2, 0.25) is 0 Å². The van der Waals surface area contributed by atoms with Crippen molar-refractivity contribution in [2.75, 3.05) is 7.11 Å². The number of ketones is 1. The number of carbonyl (C=O) groups is 2. The number of nitro benzene ring substituents is 1. The van der Waals surface area contributed by atoms with E-state index < -0.39 is 22.7 Å². The second-order valence-corrected chi connectivity index (χ2v) is 5.77. The van der Waals surface area contributed by atoms with Gasteiger partial charge in [0.2, 0.25) is 0 Å². The Labute approximate surface area is 145 Å². The highest BCUT2D eigenvalue weighted by atomic mass is 16.6. The smallest absolute Gasteiger partial charge is 0.313 e. The zero-order valence-electron chi connectivity index (χ0n) is 14.0. The number of carbonyl (C=O) groups excluding carboxylic acids is 2. The highest BCUT2D eigenvalue weighted by molar-refractivity contribution is 5.83. The molecule has 2 rings (SSSR count). The van der Waals surface area contributed by atoms with Crippen LogP contribution < -0.4 is 0 Å². The summed E-state index contributed by atoms with van der Waals surface area (Å²) >= 11 is 0. The Morgan fingerprint density at radius 2 is 1.64 bits per heavy atom. The van der Waals surface area contributed by atoms with Gasteiger partial charge in [0.15, 0.2) is 0 Å². The molecule has 0 saturated heterocycles. The molecule has 2 aromatic rings. The Balaban J connectivity index is 2.50. The monoisotopic (exact) mass is 341 g/mol. The topological polar surface area (TPSA) is 86.5 Å². The van der Waals surface area contributed by atoms with E-state index in [1.165, 1.54) is 38.3 Å². The molecular formula is C19H19NO5. The molecule has 25 heavy (non-hydrogen) atoms. The van der Waals surface area contributed by atoms with Gasteiger partial charge in [0.1, 0.15) is 5.78 Å². The summed E-state index contributed by atoms with van der Waals surface area (Å²) in [5, 5.41) is 10.8. The lowest BCUT2D eigenvalue weighted by Gasteiger charge is -2.25. The number of nitrogens with zero attached hydrogens (tertiary/aromatic N) is 1. The van der Waals surface area contributed by atoms with E-state index in [0.717, 1.165) is 5.56 Å². The van der Waals surface area contributed by atoms with Crippen molar-refractivity contribution in [2.24, 2.45) is 0 Å². The molecule has 2 unspecified atom stereocenters. The second-order valence-electron chi connectivity index (χ2n) is 5.77. The summed E-state index contributed by atoms with van der Waals surface area (Å²) in [7, 11) is 1.29. The lowest BCUT2D eigenvalue weighted by atomic mass is 9.78. The first-order valence-corrected chi connectivity index (χ1v) is 7.80. The van der Waals surface area contributed by atoms with E-state index in [2.05, 4.69) is 0 Å². The number of hydrogen-bond acceptors (Lipinski definition) is 5. The first-order chi connectivity index (χ1) is 11.9. The quantitative estimate of drug-likeness (QED) is 0.436. The van der Waals surface area contributed by atoms with Gasteiger partial charge in [0.25, 0.3) is 5.69 Å². The summed E-state index contributed by atoms with van der Waals surface area (Å²) in [6.45, 7) is 1.47. The molecule has 130 valence electrons. The first-order valence-electron chi connectivity index (χ1n) is 7.80. The molecule has 0 aliphatic heterocycles. The molecule has 0 bridgehead atoms. The first kappa shape index (κ1) is 18.3. The van der Waals surface area contributed by atoms with E-state index in [1.54, 1.807) is 0 Å². The van der Waals surface area contributed by atoms with Gasteiger partial charge >= 0.3 is 5.97 Å². The maximum atomic E-state index is 12.5. The minimum Gasteiger partial charge on any atom is -0.469 e. The van der Waals surface area contributed by atoms with Crippen molar-refractivity contribution in [2.45, 2.75) is 25.2 Å². The molecule has 6 heteroatoms. The fraction of sp³-hybridized carbons (Fsp3) is 0.263. The molecule has 0 aromatic heterocycles. The third-order valence-corrected chi connectivity index (χ3v) is 4.06. The van der Waals surface area contributed by atoms with Crippen molar-refractivity contribution in [1.29, 1.82) is 0 Å². The maximum Gasteiger partial charge on any atom is 0.313 e. The van der Waals surface area contributed by atoms with Crippen LogP contribution in [0.5, 0.6) is 0 Å². The molecule has 0 aliphatic rings. The second kappa shape index (κ2) is 8.19. The Morgan fingerprint density at radius 3 is 2.12 bits per heavy atom. The molecule has 0 saturated carbocycles. The number of non-ortho nitro benzene ring substituents is 1. The molecule has 0 spiro atoms. The van der Waals surface area contributed by atoms with Crippen molar-refractivity contribution < 1.29 is 19.2 Å². The fourth-order valence-corrected chi connectivity index (χ4v) is 2.90. The van der Waals surface area contributed by atoms with Crippen LogP contribution in [0.25, 0.3) is 0 Å². The molecule has 2 atom stereocenters. The molecule has 0 fully saturated rings. The standard InChI is InChI=1S/C19H19NO5/c1-13(21)12-17(14-6-4-3-5-7-14)18(19(22)25-2)15-8-10-16(11-9-15)20(23)24/h3-11,17-18H,12H2,1-2H3. The predicted octanol–water partition coefficient (Wildman–Crippen LogP) is 3.61. The zero-order chi connectivity index (χ0) is 18.4. The third kappa shape index (κ3) is 4.50. The zero-order valence-corrected chi connectivity index (χ0v) is 14.0.